The van der Waals surface area contributed by atoms with E-state index in [0.29, 0.717) is 11.1 Å². The van der Waals surface area contributed by atoms with E-state index in [1.807, 2.05) is 45.2 Å². The van der Waals surface area contributed by atoms with Gasteiger partial charge in [0.25, 0.3) is 10.5 Å². The molecule has 0 aliphatic carbocycles. The lowest BCUT2D eigenvalue weighted by molar-refractivity contribution is 0.107. The molecule has 0 radical (unpaired) electrons. The molecule has 0 fully saturated rings. The summed E-state index contributed by atoms with van der Waals surface area (Å²) in [5.74, 6) is 5.06. The summed E-state index contributed by atoms with van der Waals surface area (Å²) < 4.78 is 0. The zero-order valence-corrected chi connectivity index (χ0v) is 18.8. The van der Waals surface area contributed by atoms with E-state index in [2.05, 4.69) is 5.43 Å². The number of thioether (sulfide) groups is 1. The number of hydrazine groups is 1. The van der Waals surface area contributed by atoms with Gasteiger partial charge in [0, 0.05) is 21.6 Å². The second-order valence-electron chi connectivity index (χ2n) is 6.04. The van der Waals surface area contributed by atoms with E-state index in [4.69, 9.17) is 29.0 Å². The summed E-state index contributed by atoms with van der Waals surface area (Å²) in [7, 11) is 0. The fourth-order valence-corrected chi connectivity index (χ4v) is 1.95. The van der Waals surface area contributed by atoms with Gasteiger partial charge in [-0.25, -0.2) is 0 Å². The third-order valence-electron chi connectivity index (χ3n) is 2.75. The monoisotopic (exact) mass is 450 g/mol. The molecule has 0 aromatic heterocycles. The van der Waals surface area contributed by atoms with Crippen molar-refractivity contribution in [3.8, 4) is 0 Å². The van der Waals surface area contributed by atoms with Crippen LogP contribution >= 0.6 is 47.4 Å². The highest BCUT2D eigenvalue weighted by Crippen LogP contribution is 2.15. The normalized spacial score (nSPS) is 9.59. The van der Waals surface area contributed by atoms with Crippen LogP contribution in [-0.2, 0) is 0 Å². The number of carbonyl (C=O) groups excluding carboxylic acids is 2. The Labute approximate surface area is 181 Å². The molecule has 4 nitrogen and oxygen atoms in total. The van der Waals surface area contributed by atoms with Gasteiger partial charge in [-0.05, 0) is 74.5 Å². The molecule has 2 aromatic rings. The minimum absolute atomic E-state index is 0. The van der Waals surface area contributed by atoms with Crippen LogP contribution in [0, 0.1) is 0 Å². The predicted molar refractivity (Wildman–Crippen MR) is 119 cm³/mol. The molecule has 150 valence electrons. The molecule has 0 amide bonds. The Bertz CT molecular complexity index is 676. The maximum Gasteiger partial charge on any atom is 0.252 e. The van der Waals surface area contributed by atoms with Crippen LogP contribution in [0.2, 0.25) is 0 Å². The summed E-state index contributed by atoms with van der Waals surface area (Å²) >= 11 is 12.1. The highest BCUT2D eigenvalue weighted by molar-refractivity contribution is 7.98. The second kappa shape index (κ2) is 14.9. The van der Waals surface area contributed by atoms with E-state index in [1.165, 1.54) is 0 Å². The number of halogens is 3. The lowest BCUT2D eigenvalue weighted by Gasteiger charge is -2.14. The average molecular weight is 452 g/mol. The number of nitrogens with one attached hydrogen (secondary N) is 1. The summed E-state index contributed by atoms with van der Waals surface area (Å²) in [4.78, 5) is 22.1. The highest BCUT2D eigenvalue weighted by atomic mass is 35.5. The summed E-state index contributed by atoms with van der Waals surface area (Å²) in [6.07, 6.45) is 1.98. The van der Waals surface area contributed by atoms with E-state index < -0.39 is 10.5 Å². The SMILES string of the molecule is CC(C)(C)NN.CSc1ccc(C(=O)Cl)cc1.Cl.O=C(Cl)c1ccccc1. The standard InChI is InChI=1S/C8H7ClOS.C7H5ClO.C4H12N2.ClH/c1-11-7-4-2-6(3-5-7)8(9)10;8-7(9)6-4-2-1-3-5-6;1-4(2,3)6-5;/h2-5H,1H3;1-5H;6H,5H2,1-3H3;1H. The lowest BCUT2D eigenvalue weighted by atomic mass is 10.1. The molecule has 2 rings (SSSR count). The van der Waals surface area contributed by atoms with E-state index in [0.717, 1.165) is 4.90 Å². The maximum atomic E-state index is 10.6. The Kier molecular flexibility index (Phi) is 15.5. The largest absolute Gasteiger partial charge is 0.276 e. The minimum Gasteiger partial charge on any atom is -0.276 e. The van der Waals surface area contributed by atoms with Gasteiger partial charge < -0.3 is 0 Å². The van der Waals surface area contributed by atoms with Gasteiger partial charge in [-0.2, -0.15) is 0 Å². The molecule has 0 saturated heterocycles. The first kappa shape index (κ1) is 28.1. The van der Waals surface area contributed by atoms with E-state index >= 15 is 0 Å². The van der Waals surface area contributed by atoms with E-state index in [1.54, 1.807) is 48.2 Å². The quantitative estimate of drug-likeness (QED) is 0.278. The molecule has 27 heavy (non-hydrogen) atoms. The minimum atomic E-state index is -0.407. The van der Waals surface area contributed by atoms with Crippen molar-refractivity contribution in [3.63, 3.8) is 0 Å². The molecule has 0 spiro atoms. The number of benzene rings is 2. The molecule has 0 bridgehead atoms. The van der Waals surface area contributed by atoms with Gasteiger partial charge in [0.05, 0.1) is 0 Å². The van der Waals surface area contributed by atoms with Gasteiger partial charge in [0.2, 0.25) is 0 Å². The third kappa shape index (κ3) is 14.6. The van der Waals surface area contributed by atoms with Gasteiger partial charge >= 0.3 is 0 Å². The van der Waals surface area contributed by atoms with Gasteiger partial charge in [0.15, 0.2) is 0 Å². The Morgan fingerprint density at radius 3 is 1.52 bits per heavy atom. The molecule has 0 aliphatic rings. The van der Waals surface area contributed by atoms with Crippen molar-refractivity contribution in [2.75, 3.05) is 6.26 Å². The third-order valence-corrected chi connectivity index (χ3v) is 3.93. The molecule has 8 heteroatoms. The molecule has 0 unspecified atom stereocenters. The number of nitrogens with two attached hydrogens (primary N) is 1. The van der Waals surface area contributed by atoms with Crippen molar-refractivity contribution in [1.82, 2.24) is 5.43 Å². The molecule has 0 saturated carbocycles. The molecule has 0 heterocycles. The van der Waals surface area contributed by atoms with Crippen LogP contribution in [0.1, 0.15) is 41.5 Å². The number of rotatable bonds is 3. The van der Waals surface area contributed by atoms with Crippen molar-refractivity contribution >= 4 is 57.9 Å². The van der Waals surface area contributed by atoms with Crippen LogP contribution in [0.25, 0.3) is 0 Å². The van der Waals surface area contributed by atoms with Crippen LogP contribution in [0.15, 0.2) is 59.5 Å². The fraction of sp³-hybridized carbons (Fsp3) is 0.263. The first-order chi connectivity index (χ1) is 12.1. The second-order valence-corrected chi connectivity index (χ2v) is 7.60. The molecular weight excluding hydrogens is 427 g/mol. The average Bonchev–Trinajstić information content (AvgIpc) is 2.63. The van der Waals surface area contributed by atoms with Crippen LogP contribution in [0.3, 0.4) is 0 Å². The first-order valence-corrected chi connectivity index (χ1v) is 9.65. The molecule has 3 N–H and O–H groups in total. The molecule has 0 aliphatic heterocycles. The zero-order chi connectivity index (χ0) is 20.2. The van der Waals surface area contributed by atoms with Crippen LogP contribution < -0.4 is 11.3 Å². The first-order valence-electron chi connectivity index (χ1n) is 7.67. The van der Waals surface area contributed by atoms with E-state index in [-0.39, 0.29) is 17.9 Å². The Morgan fingerprint density at radius 2 is 1.26 bits per heavy atom. The van der Waals surface area contributed by atoms with Crippen molar-refractivity contribution in [1.29, 1.82) is 0 Å². The van der Waals surface area contributed by atoms with Crippen molar-refractivity contribution in [2.24, 2.45) is 5.84 Å². The summed E-state index contributed by atoms with van der Waals surface area (Å²) in [6.45, 7) is 6.02. The van der Waals surface area contributed by atoms with Crippen molar-refractivity contribution in [2.45, 2.75) is 31.2 Å². The zero-order valence-electron chi connectivity index (χ0n) is 15.7. The Hall–Kier alpha value is -1.08. The number of hydrogen-bond acceptors (Lipinski definition) is 5. The molecular formula is C19H25Cl3N2O2S. The van der Waals surface area contributed by atoms with Crippen molar-refractivity contribution < 1.29 is 9.59 Å². The Morgan fingerprint density at radius 1 is 0.889 bits per heavy atom. The summed E-state index contributed by atoms with van der Waals surface area (Å²) in [5, 5.41) is -0.812. The molecule has 2 aromatic carbocycles. The molecule has 0 atom stereocenters. The maximum absolute atomic E-state index is 10.6. The number of carbonyl (C=O) groups is 2. The van der Waals surface area contributed by atoms with Crippen LogP contribution in [-0.4, -0.2) is 22.3 Å². The van der Waals surface area contributed by atoms with Gasteiger partial charge in [0.1, 0.15) is 0 Å². The van der Waals surface area contributed by atoms with Crippen LogP contribution in [0.5, 0.6) is 0 Å². The number of hydrogen-bond donors (Lipinski definition) is 2. The van der Waals surface area contributed by atoms with Crippen molar-refractivity contribution in [3.05, 3.63) is 65.7 Å². The van der Waals surface area contributed by atoms with Gasteiger partial charge in [-0.3, -0.25) is 20.9 Å². The summed E-state index contributed by atoms with van der Waals surface area (Å²) in [5.41, 5.74) is 3.76. The topological polar surface area (TPSA) is 72.2 Å². The van der Waals surface area contributed by atoms with Gasteiger partial charge in [-0.1, -0.05) is 30.3 Å². The highest BCUT2D eigenvalue weighted by Gasteiger charge is 2.02. The predicted octanol–water partition coefficient (Wildman–Crippen LogP) is 5.52. The smallest absolute Gasteiger partial charge is 0.252 e. The van der Waals surface area contributed by atoms with Crippen LogP contribution in [0.4, 0.5) is 0 Å². The van der Waals surface area contributed by atoms with Gasteiger partial charge in [-0.15, -0.1) is 24.2 Å². The van der Waals surface area contributed by atoms with E-state index in [9.17, 15) is 9.59 Å². The fourth-order valence-electron chi connectivity index (χ4n) is 1.29. The lowest BCUT2D eigenvalue weighted by Crippen LogP contribution is -2.41. The Balaban J connectivity index is 0. The summed E-state index contributed by atoms with van der Waals surface area (Å²) in [6, 6.07) is 15.9.